The first kappa shape index (κ1) is 19.4. The number of hydrogen-bond donors (Lipinski definition) is 2. The van der Waals surface area contributed by atoms with E-state index in [2.05, 4.69) is 0 Å². The SMILES string of the molecule is NC(=O)CC(C(=O)O)N(C(=O)Oc1ccccc1)C(=O)Oc1ccccc1. The lowest BCUT2D eigenvalue weighted by Crippen LogP contribution is -2.52. The van der Waals surface area contributed by atoms with Gasteiger partial charge in [0.2, 0.25) is 5.91 Å². The number of ether oxygens (including phenoxy) is 2. The number of nitrogens with two attached hydrogens (primary N) is 1. The third kappa shape index (κ3) is 5.56. The first-order valence-electron chi connectivity index (χ1n) is 7.72. The van der Waals surface area contributed by atoms with Gasteiger partial charge in [-0.3, -0.25) is 4.79 Å². The van der Waals surface area contributed by atoms with Crippen LogP contribution in [0.4, 0.5) is 9.59 Å². The van der Waals surface area contributed by atoms with E-state index in [0.29, 0.717) is 0 Å². The number of primary amides is 1. The van der Waals surface area contributed by atoms with Gasteiger partial charge in [-0.1, -0.05) is 36.4 Å². The Balaban J connectivity index is 2.30. The van der Waals surface area contributed by atoms with Crippen LogP contribution in [0.25, 0.3) is 0 Å². The molecule has 1 unspecified atom stereocenters. The zero-order chi connectivity index (χ0) is 19.8. The zero-order valence-corrected chi connectivity index (χ0v) is 14.0. The predicted octanol–water partition coefficient (Wildman–Crippen LogP) is 2.01. The van der Waals surface area contributed by atoms with Gasteiger partial charge >= 0.3 is 18.2 Å². The van der Waals surface area contributed by atoms with E-state index in [1.807, 2.05) is 0 Å². The second-order valence-corrected chi connectivity index (χ2v) is 5.26. The molecule has 27 heavy (non-hydrogen) atoms. The first-order valence-corrected chi connectivity index (χ1v) is 7.72. The van der Waals surface area contributed by atoms with Crippen molar-refractivity contribution in [3.05, 3.63) is 60.7 Å². The minimum absolute atomic E-state index is 0.0724. The Labute approximate surface area is 153 Å². The molecule has 0 heterocycles. The molecule has 140 valence electrons. The highest BCUT2D eigenvalue weighted by atomic mass is 16.6. The van der Waals surface area contributed by atoms with Crippen LogP contribution >= 0.6 is 0 Å². The van der Waals surface area contributed by atoms with Crippen LogP contribution < -0.4 is 15.2 Å². The second-order valence-electron chi connectivity index (χ2n) is 5.26. The molecule has 0 bridgehead atoms. The van der Waals surface area contributed by atoms with Crippen molar-refractivity contribution in [3.8, 4) is 11.5 Å². The minimum atomic E-state index is -1.89. The molecule has 3 amide bonds. The molecule has 0 fully saturated rings. The first-order chi connectivity index (χ1) is 12.9. The standard InChI is InChI=1S/C18H16N2O7/c19-15(21)11-14(16(22)23)20(17(24)26-12-7-3-1-4-8-12)18(25)27-13-9-5-2-6-10-13/h1-10,14H,11H2,(H2,19,21)(H,22,23). The Morgan fingerprint density at radius 1 is 0.852 bits per heavy atom. The van der Waals surface area contributed by atoms with Gasteiger partial charge in [-0.25, -0.2) is 14.4 Å². The topological polar surface area (TPSA) is 136 Å². The van der Waals surface area contributed by atoms with Crippen LogP contribution in [0.5, 0.6) is 11.5 Å². The van der Waals surface area contributed by atoms with Crippen molar-refractivity contribution in [2.75, 3.05) is 0 Å². The number of aliphatic carboxylic acids is 1. The summed E-state index contributed by atoms with van der Waals surface area (Å²) in [6.45, 7) is 0. The number of benzene rings is 2. The summed E-state index contributed by atoms with van der Waals surface area (Å²) in [6.07, 6.45) is -3.45. The van der Waals surface area contributed by atoms with Crippen LogP contribution in [-0.4, -0.2) is 40.1 Å². The van der Waals surface area contributed by atoms with Crippen molar-refractivity contribution >= 4 is 24.1 Å². The number of carboxylic acid groups (broad SMARTS) is 1. The average Bonchev–Trinajstić information content (AvgIpc) is 2.62. The Morgan fingerprint density at radius 2 is 1.26 bits per heavy atom. The molecular formula is C18H16N2O7. The number of carbonyl (C=O) groups excluding carboxylic acids is 3. The highest BCUT2D eigenvalue weighted by molar-refractivity contribution is 5.96. The Hall–Kier alpha value is -3.88. The molecule has 0 saturated carbocycles. The van der Waals surface area contributed by atoms with Crippen molar-refractivity contribution in [1.82, 2.24) is 4.90 Å². The number of nitrogens with zero attached hydrogens (tertiary/aromatic N) is 1. The van der Waals surface area contributed by atoms with E-state index in [1.54, 1.807) is 36.4 Å². The van der Waals surface area contributed by atoms with E-state index in [9.17, 15) is 24.3 Å². The van der Waals surface area contributed by atoms with Gasteiger partial charge in [0.25, 0.3) is 0 Å². The van der Waals surface area contributed by atoms with Gasteiger partial charge in [-0.15, -0.1) is 0 Å². The molecule has 0 spiro atoms. The number of rotatable bonds is 6. The number of hydrogen-bond acceptors (Lipinski definition) is 6. The fourth-order valence-electron chi connectivity index (χ4n) is 2.09. The van der Waals surface area contributed by atoms with E-state index in [0.717, 1.165) is 0 Å². The van der Waals surface area contributed by atoms with E-state index < -0.39 is 36.5 Å². The Morgan fingerprint density at radius 3 is 1.59 bits per heavy atom. The largest absolute Gasteiger partial charge is 0.480 e. The molecule has 2 aromatic rings. The van der Waals surface area contributed by atoms with Crippen LogP contribution in [0.2, 0.25) is 0 Å². The van der Waals surface area contributed by atoms with Crippen LogP contribution in [0.3, 0.4) is 0 Å². The maximum Gasteiger partial charge on any atom is 0.425 e. The van der Waals surface area contributed by atoms with Gasteiger partial charge in [0, 0.05) is 0 Å². The summed E-state index contributed by atoms with van der Waals surface area (Å²) >= 11 is 0. The normalized spacial score (nSPS) is 11.1. The highest BCUT2D eigenvalue weighted by Gasteiger charge is 2.39. The number of imide groups is 1. The fourth-order valence-corrected chi connectivity index (χ4v) is 2.09. The number of carboxylic acids is 1. The summed E-state index contributed by atoms with van der Waals surface area (Å²) in [5.41, 5.74) is 5.04. The lowest BCUT2D eigenvalue weighted by molar-refractivity contribution is -0.143. The Bertz CT molecular complexity index is 771. The van der Waals surface area contributed by atoms with Crippen molar-refractivity contribution < 1.29 is 33.8 Å². The molecule has 0 aliphatic heterocycles. The van der Waals surface area contributed by atoms with E-state index in [-0.39, 0.29) is 16.4 Å². The number of carbonyl (C=O) groups is 4. The third-order valence-electron chi connectivity index (χ3n) is 3.28. The van der Waals surface area contributed by atoms with E-state index in [4.69, 9.17) is 15.2 Å². The molecule has 0 aliphatic carbocycles. The summed E-state index contributed by atoms with van der Waals surface area (Å²) in [5.74, 6) is -2.50. The molecule has 0 aliphatic rings. The quantitative estimate of drug-likeness (QED) is 0.791. The molecule has 9 heteroatoms. The summed E-state index contributed by atoms with van der Waals surface area (Å²) in [6, 6.07) is 13.5. The number of para-hydroxylation sites is 2. The highest BCUT2D eigenvalue weighted by Crippen LogP contribution is 2.17. The van der Waals surface area contributed by atoms with Gasteiger partial charge < -0.3 is 20.3 Å². The molecule has 2 aromatic carbocycles. The minimum Gasteiger partial charge on any atom is -0.480 e. The summed E-state index contributed by atoms with van der Waals surface area (Å²) < 4.78 is 10.0. The smallest absolute Gasteiger partial charge is 0.425 e. The van der Waals surface area contributed by atoms with Crippen molar-refractivity contribution in [3.63, 3.8) is 0 Å². The van der Waals surface area contributed by atoms with E-state index >= 15 is 0 Å². The van der Waals surface area contributed by atoms with Crippen LogP contribution in [0.15, 0.2) is 60.7 Å². The maximum atomic E-state index is 12.5. The summed E-state index contributed by atoms with van der Waals surface area (Å²) in [4.78, 5) is 47.9. The molecule has 3 N–H and O–H groups in total. The molecule has 1 atom stereocenters. The fraction of sp³-hybridized carbons (Fsp3) is 0.111. The molecular weight excluding hydrogens is 356 g/mol. The van der Waals surface area contributed by atoms with Crippen LogP contribution in [-0.2, 0) is 9.59 Å². The average molecular weight is 372 g/mol. The van der Waals surface area contributed by atoms with Crippen molar-refractivity contribution in [2.24, 2.45) is 5.73 Å². The third-order valence-corrected chi connectivity index (χ3v) is 3.28. The summed E-state index contributed by atoms with van der Waals surface area (Å²) in [7, 11) is 0. The Kier molecular flexibility index (Phi) is 6.48. The van der Waals surface area contributed by atoms with Gasteiger partial charge in [0.05, 0.1) is 6.42 Å². The molecule has 0 aromatic heterocycles. The molecule has 2 rings (SSSR count). The van der Waals surface area contributed by atoms with Crippen molar-refractivity contribution in [2.45, 2.75) is 12.5 Å². The van der Waals surface area contributed by atoms with Crippen molar-refractivity contribution in [1.29, 1.82) is 0 Å². The lowest BCUT2D eigenvalue weighted by atomic mass is 10.2. The zero-order valence-electron chi connectivity index (χ0n) is 14.0. The number of amides is 3. The molecule has 0 radical (unpaired) electrons. The van der Waals surface area contributed by atoms with Crippen LogP contribution in [0, 0.1) is 0 Å². The van der Waals surface area contributed by atoms with E-state index in [1.165, 1.54) is 24.3 Å². The van der Waals surface area contributed by atoms with Crippen LogP contribution in [0.1, 0.15) is 6.42 Å². The van der Waals surface area contributed by atoms with Gasteiger partial charge in [-0.2, -0.15) is 4.90 Å². The predicted molar refractivity (Wildman–Crippen MR) is 92.0 cm³/mol. The summed E-state index contributed by atoms with van der Waals surface area (Å²) in [5, 5.41) is 9.36. The van der Waals surface area contributed by atoms with Gasteiger partial charge in [0.15, 0.2) is 6.04 Å². The molecule has 0 saturated heterocycles. The maximum absolute atomic E-state index is 12.5. The van der Waals surface area contributed by atoms with Gasteiger partial charge in [0.1, 0.15) is 11.5 Å². The monoisotopic (exact) mass is 372 g/mol. The molecule has 9 nitrogen and oxygen atoms in total. The second kappa shape index (κ2) is 8.99. The lowest BCUT2D eigenvalue weighted by Gasteiger charge is -2.24. The van der Waals surface area contributed by atoms with Gasteiger partial charge in [-0.05, 0) is 24.3 Å².